The van der Waals surface area contributed by atoms with Crippen LogP contribution in [0.3, 0.4) is 0 Å². The summed E-state index contributed by atoms with van der Waals surface area (Å²) in [7, 11) is 0. The molecule has 1 nitrogen and oxygen atoms in total. The van der Waals surface area contributed by atoms with Crippen molar-refractivity contribution in [1.82, 2.24) is 4.57 Å². The van der Waals surface area contributed by atoms with Crippen LogP contribution in [0.4, 0.5) is 0 Å². The van der Waals surface area contributed by atoms with E-state index in [-0.39, 0.29) is 0 Å². The molecule has 0 bridgehead atoms. The largest absolute Gasteiger partial charge is 0.310 e. The first-order valence-electron chi connectivity index (χ1n) is 10.8. The highest BCUT2D eigenvalue weighted by Crippen LogP contribution is 2.33. The van der Waals surface area contributed by atoms with E-state index in [4.69, 9.17) is 0 Å². The van der Waals surface area contributed by atoms with E-state index < -0.39 is 0 Å². The molecule has 4 rings (SSSR count). The standard InChI is InChI=1S/C27H25N.C2H6/c1-4-20(2)14-15-21(3)22-16-18-25-24-12-8-9-13-26(24)28(27(25)19-17-22)23-10-6-5-7-11-23;1-2/h4-17,19H,3,18H2,1-2H3;1-2H3/b15-14-,20-4-;. The number of allylic oxidation sites excluding steroid dienone is 8. The molecule has 3 aromatic rings. The highest BCUT2D eigenvalue weighted by molar-refractivity contribution is 5.91. The molecule has 0 fully saturated rings. The SMILES string of the molecule is C=C(/C=C\C(C)=C/C)C1=CCc2c(n(-c3ccccc3)c3ccccc23)C=C1.CC. The van der Waals surface area contributed by atoms with Gasteiger partial charge in [-0.25, -0.2) is 0 Å². The van der Waals surface area contributed by atoms with Gasteiger partial charge in [0.2, 0.25) is 0 Å². The summed E-state index contributed by atoms with van der Waals surface area (Å²) in [6.45, 7) is 12.4. The summed E-state index contributed by atoms with van der Waals surface area (Å²) in [4.78, 5) is 0. The van der Waals surface area contributed by atoms with Gasteiger partial charge in [0.25, 0.3) is 0 Å². The van der Waals surface area contributed by atoms with Crippen molar-refractivity contribution in [2.75, 3.05) is 0 Å². The van der Waals surface area contributed by atoms with Crippen LogP contribution >= 0.6 is 0 Å². The van der Waals surface area contributed by atoms with E-state index in [1.54, 1.807) is 0 Å². The van der Waals surface area contributed by atoms with Gasteiger partial charge in [-0.2, -0.15) is 0 Å². The Labute approximate surface area is 181 Å². The summed E-state index contributed by atoms with van der Waals surface area (Å²) < 4.78 is 2.36. The molecule has 1 heteroatoms. The minimum absolute atomic E-state index is 0.896. The Morgan fingerprint density at radius 1 is 0.933 bits per heavy atom. The first kappa shape index (κ1) is 21.4. The summed E-state index contributed by atoms with van der Waals surface area (Å²) >= 11 is 0. The third kappa shape index (κ3) is 4.31. The zero-order valence-corrected chi connectivity index (χ0v) is 18.5. The molecule has 1 aliphatic carbocycles. The zero-order valence-electron chi connectivity index (χ0n) is 18.5. The molecule has 0 atom stereocenters. The van der Waals surface area contributed by atoms with Crippen LogP contribution in [0.15, 0.2) is 108 Å². The van der Waals surface area contributed by atoms with Crippen LogP contribution < -0.4 is 0 Å². The average Bonchev–Trinajstić information content (AvgIpc) is 2.96. The lowest BCUT2D eigenvalue weighted by molar-refractivity contribution is 1.09. The fraction of sp³-hybridized carbons (Fsp3) is 0.172. The summed E-state index contributed by atoms with van der Waals surface area (Å²) in [5.41, 5.74) is 8.52. The van der Waals surface area contributed by atoms with Gasteiger partial charge in [-0.15, -0.1) is 0 Å². The van der Waals surface area contributed by atoms with Crippen molar-refractivity contribution in [3.8, 4) is 5.69 Å². The van der Waals surface area contributed by atoms with Crippen LogP contribution in [0.5, 0.6) is 0 Å². The second kappa shape index (κ2) is 9.93. The van der Waals surface area contributed by atoms with Crippen LogP contribution in [0.1, 0.15) is 39.0 Å². The number of aromatic nitrogens is 1. The average molecular weight is 394 g/mol. The lowest BCUT2D eigenvalue weighted by Gasteiger charge is -2.09. The Balaban J connectivity index is 0.00000124. The maximum atomic E-state index is 4.28. The van der Waals surface area contributed by atoms with Crippen molar-refractivity contribution >= 4 is 17.0 Å². The van der Waals surface area contributed by atoms with Crippen LogP contribution in [0, 0.1) is 0 Å². The van der Waals surface area contributed by atoms with Crippen molar-refractivity contribution in [3.63, 3.8) is 0 Å². The highest BCUT2D eigenvalue weighted by atomic mass is 15.0. The molecular formula is C29H31N. The lowest BCUT2D eigenvalue weighted by Crippen LogP contribution is -1.96. The Bertz CT molecular complexity index is 1150. The molecule has 0 unspecified atom stereocenters. The van der Waals surface area contributed by atoms with Crippen molar-refractivity contribution in [2.24, 2.45) is 0 Å². The lowest BCUT2D eigenvalue weighted by atomic mass is 10.0. The number of nitrogens with zero attached hydrogens (tertiary/aromatic N) is 1. The van der Waals surface area contributed by atoms with Gasteiger partial charge >= 0.3 is 0 Å². The maximum absolute atomic E-state index is 4.28. The molecule has 0 aliphatic heterocycles. The van der Waals surface area contributed by atoms with E-state index in [9.17, 15) is 0 Å². The summed E-state index contributed by atoms with van der Waals surface area (Å²) in [5, 5.41) is 1.31. The van der Waals surface area contributed by atoms with Gasteiger partial charge in [-0.05, 0) is 61.3 Å². The van der Waals surface area contributed by atoms with E-state index in [0.717, 1.165) is 12.0 Å². The molecule has 30 heavy (non-hydrogen) atoms. The van der Waals surface area contributed by atoms with Gasteiger partial charge in [0.1, 0.15) is 0 Å². The smallest absolute Gasteiger partial charge is 0.0537 e. The Hall–Kier alpha value is -3.32. The Kier molecular flexibility index (Phi) is 7.08. The Morgan fingerprint density at radius 3 is 2.37 bits per heavy atom. The molecule has 0 radical (unpaired) electrons. The fourth-order valence-electron chi connectivity index (χ4n) is 3.68. The molecular weight excluding hydrogens is 362 g/mol. The van der Waals surface area contributed by atoms with Gasteiger partial charge in [0.15, 0.2) is 0 Å². The number of para-hydroxylation sites is 2. The number of hydrogen-bond donors (Lipinski definition) is 0. The Morgan fingerprint density at radius 2 is 1.63 bits per heavy atom. The monoisotopic (exact) mass is 393 g/mol. The van der Waals surface area contributed by atoms with Crippen molar-refractivity contribution in [3.05, 3.63) is 120 Å². The molecule has 1 heterocycles. The van der Waals surface area contributed by atoms with Gasteiger partial charge in [0, 0.05) is 11.1 Å². The van der Waals surface area contributed by atoms with Crippen LogP contribution in [0.25, 0.3) is 22.7 Å². The van der Waals surface area contributed by atoms with Gasteiger partial charge in [-0.1, -0.05) is 92.8 Å². The third-order valence-corrected chi connectivity index (χ3v) is 5.35. The third-order valence-electron chi connectivity index (χ3n) is 5.35. The van der Waals surface area contributed by atoms with Gasteiger partial charge in [0.05, 0.1) is 11.2 Å². The molecule has 152 valence electrons. The molecule has 2 aromatic carbocycles. The number of rotatable bonds is 4. The summed E-state index contributed by atoms with van der Waals surface area (Å²) in [6, 6.07) is 19.3. The summed E-state index contributed by atoms with van der Waals surface area (Å²) in [6.07, 6.45) is 13.9. The molecule has 1 aliphatic rings. The maximum Gasteiger partial charge on any atom is 0.0537 e. The van der Waals surface area contributed by atoms with Crippen molar-refractivity contribution in [2.45, 2.75) is 34.1 Å². The van der Waals surface area contributed by atoms with E-state index in [1.165, 1.54) is 39.0 Å². The molecule has 0 saturated heterocycles. The zero-order chi connectivity index (χ0) is 21.5. The predicted molar refractivity (Wildman–Crippen MR) is 133 cm³/mol. The molecule has 0 spiro atoms. The molecule has 1 aromatic heterocycles. The highest BCUT2D eigenvalue weighted by Gasteiger charge is 2.17. The minimum Gasteiger partial charge on any atom is -0.310 e. The van der Waals surface area contributed by atoms with Crippen LogP contribution in [-0.2, 0) is 6.42 Å². The molecule has 0 saturated carbocycles. The van der Waals surface area contributed by atoms with E-state index in [1.807, 2.05) is 13.8 Å². The summed E-state index contributed by atoms with van der Waals surface area (Å²) in [5.74, 6) is 0. The molecule has 0 N–H and O–H groups in total. The van der Waals surface area contributed by atoms with Crippen molar-refractivity contribution < 1.29 is 0 Å². The number of benzene rings is 2. The topological polar surface area (TPSA) is 4.93 Å². The second-order valence-electron chi connectivity index (χ2n) is 7.14. The van der Waals surface area contributed by atoms with E-state index in [2.05, 4.69) is 116 Å². The van der Waals surface area contributed by atoms with Crippen LogP contribution in [-0.4, -0.2) is 4.57 Å². The molecule has 0 amide bonds. The normalized spacial score (nSPS) is 13.5. The van der Waals surface area contributed by atoms with E-state index >= 15 is 0 Å². The minimum atomic E-state index is 0.896. The van der Waals surface area contributed by atoms with Crippen LogP contribution in [0.2, 0.25) is 0 Å². The van der Waals surface area contributed by atoms with Gasteiger partial charge in [-0.3, -0.25) is 0 Å². The number of hydrogen-bond acceptors (Lipinski definition) is 0. The first-order chi connectivity index (χ1) is 14.7. The van der Waals surface area contributed by atoms with Gasteiger partial charge < -0.3 is 4.57 Å². The predicted octanol–water partition coefficient (Wildman–Crippen LogP) is 8.23. The second-order valence-corrected chi connectivity index (χ2v) is 7.14. The number of fused-ring (bicyclic) bond motifs is 3. The quantitative estimate of drug-likeness (QED) is 0.393. The first-order valence-corrected chi connectivity index (χ1v) is 10.8. The fourth-order valence-corrected chi connectivity index (χ4v) is 3.68. The van der Waals surface area contributed by atoms with Crippen molar-refractivity contribution in [1.29, 1.82) is 0 Å². The van der Waals surface area contributed by atoms with E-state index in [0.29, 0.717) is 0 Å².